The molecule has 0 bridgehead atoms. The van der Waals surface area contributed by atoms with Crippen LogP contribution < -0.4 is 0 Å². The summed E-state index contributed by atoms with van der Waals surface area (Å²) in [6.07, 6.45) is -2.33. The van der Waals surface area contributed by atoms with E-state index in [0.29, 0.717) is 5.56 Å². The van der Waals surface area contributed by atoms with Crippen molar-refractivity contribution in [2.24, 2.45) is 5.11 Å². The molecule has 0 amide bonds. The first-order valence-corrected chi connectivity index (χ1v) is 5.59. The van der Waals surface area contributed by atoms with Crippen molar-refractivity contribution in [3.63, 3.8) is 0 Å². The van der Waals surface area contributed by atoms with Gasteiger partial charge in [-0.05, 0) is 24.4 Å². The summed E-state index contributed by atoms with van der Waals surface area (Å²) in [7, 11) is 0. The molecule has 2 N–H and O–H groups in total. The second kappa shape index (κ2) is 6.69. The number of nitro benzene ring substituents is 1. The van der Waals surface area contributed by atoms with Crippen LogP contribution in [0.3, 0.4) is 0 Å². The zero-order valence-electron chi connectivity index (χ0n) is 10.3. The summed E-state index contributed by atoms with van der Waals surface area (Å²) in [4.78, 5) is 12.8. The van der Waals surface area contributed by atoms with Gasteiger partial charge in [-0.2, -0.15) is 0 Å². The van der Waals surface area contributed by atoms with E-state index < -0.39 is 17.1 Å². The summed E-state index contributed by atoms with van der Waals surface area (Å²) < 4.78 is 0. The van der Waals surface area contributed by atoms with Gasteiger partial charge in [-0.25, -0.2) is 0 Å². The van der Waals surface area contributed by atoms with E-state index in [1.165, 1.54) is 18.2 Å². The zero-order chi connectivity index (χ0) is 14.4. The van der Waals surface area contributed by atoms with Gasteiger partial charge in [0.1, 0.15) is 6.10 Å². The van der Waals surface area contributed by atoms with Crippen molar-refractivity contribution in [3.8, 4) is 0 Å². The van der Waals surface area contributed by atoms with Crippen molar-refractivity contribution in [2.45, 2.75) is 25.6 Å². The maximum Gasteiger partial charge on any atom is 0.272 e. The quantitative estimate of drug-likeness (QED) is 0.268. The number of aliphatic hydroxyl groups excluding tert-OH is 2. The Bertz CT molecular complexity index is 513. The first-order chi connectivity index (χ1) is 8.97. The predicted molar refractivity (Wildman–Crippen MR) is 67.4 cm³/mol. The van der Waals surface area contributed by atoms with Gasteiger partial charge in [0.25, 0.3) is 5.69 Å². The molecule has 2 unspecified atom stereocenters. The molecule has 0 fully saturated rings. The van der Waals surface area contributed by atoms with Crippen molar-refractivity contribution < 1.29 is 15.1 Å². The van der Waals surface area contributed by atoms with E-state index in [9.17, 15) is 20.3 Å². The molecule has 102 valence electrons. The molecule has 0 aromatic heterocycles. The van der Waals surface area contributed by atoms with Gasteiger partial charge < -0.3 is 10.2 Å². The lowest BCUT2D eigenvalue weighted by Crippen LogP contribution is -2.19. The van der Waals surface area contributed by atoms with E-state index in [1.807, 2.05) is 0 Å². The lowest BCUT2D eigenvalue weighted by atomic mass is 10.00. The predicted octanol–water partition coefficient (Wildman–Crippen LogP) is 2.00. The van der Waals surface area contributed by atoms with E-state index in [1.54, 1.807) is 6.92 Å². The Balaban J connectivity index is 2.87. The van der Waals surface area contributed by atoms with Crippen LogP contribution in [0.4, 0.5) is 5.69 Å². The van der Waals surface area contributed by atoms with Crippen LogP contribution >= 0.6 is 0 Å². The van der Waals surface area contributed by atoms with E-state index in [2.05, 4.69) is 10.0 Å². The highest BCUT2D eigenvalue weighted by Gasteiger charge is 2.21. The van der Waals surface area contributed by atoms with Crippen LogP contribution in [0.15, 0.2) is 23.3 Å². The van der Waals surface area contributed by atoms with Crippen LogP contribution in [-0.4, -0.2) is 27.8 Å². The Morgan fingerprint density at radius 1 is 1.53 bits per heavy atom. The maximum atomic E-state index is 10.8. The average Bonchev–Trinajstić information content (AvgIpc) is 2.38. The van der Waals surface area contributed by atoms with Gasteiger partial charge in [0.2, 0.25) is 0 Å². The van der Waals surface area contributed by atoms with Crippen molar-refractivity contribution in [1.82, 2.24) is 0 Å². The Kier molecular flexibility index (Phi) is 5.25. The number of nitro groups is 1. The third kappa shape index (κ3) is 3.92. The molecule has 1 rings (SSSR count). The standard InChI is InChI=1S/C11H14N4O4/c1-7-2-3-8(6-9(7)15(18)19)11(17)10(16)4-5-13-14-12/h2-3,6,10-11,16-17H,4-5H2,1H3. The zero-order valence-corrected chi connectivity index (χ0v) is 10.3. The molecule has 0 heterocycles. The smallest absolute Gasteiger partial charge is 0.272 e. The molecule has 0 aliphatic rings. The maximum absolute atomic E-state index is 10.8. The van der Waals surface area contributed by atoms with E-state index in [-0.39, 0.29) is 24.2 Å². The molecule has 1 aromatic rings. The largest absolute Gasteiger partial charge is 0.390 e. The summed E-state index contributed by atoms with van der Waals surface area (Å²) in [5.74, 6) is 0. The fourth-order valence-electron chi connectivity index (χ4n) is 1.62. The topological polar surface area (TPSA) is 132 Å². The molecule has 0 aliphatic heterocycles. The van der Waals surface area contributed by atoms with Crippen LogP contribution in [0.25, 0.3) is 10.4 Å². The molecule has 8 heteroatoms. The highest BCUT2D eigenvalue weighted by Crippen LogP contribution is 2.25. The first kappa shape index (κ1) is 14.9. The second-order valence-corrected chi connectivity index (χ2v) is 4.06. The third-order valence-corrected chi connectivity index (χ3v) is 2.72. The first-order valence-electron chi connectivity index (χ1n) is 5.59. The van der Waals surface area contributed by atoms with Gasteiger partial charge >= 0.3 is 0 Å². The average molecular weight is 266 g/mol. The van der Waals surface area contributed by atoms with Crippen LogP contribution in [0.5, 0.6) is 0 Å². The second-order valence-electron chi connectivity index (χ2n) is 4.06. The van der Waals surface area contributed by atoms with Crippen molar-refractivity contribution in [3.05, 3.63) is 49.9 Å². The molecular weight excluding hydrogens is 252 g/mol. The summed E-state index contributed by atoms with van der Waals surface area (Å²) in [5, 5.41) is 33.6. The van der Waals surface area contributed by atoms with E-state index >= 15 is 0 Å². The van der Waals surface area contributed by atoms with Crippen LogP contribution in [0.2, 0.25) is 0 Å². The SMILES string of the molecule is Cc1ccc(C(O)C(O)CCN=[N+]=[N-])cc1[N+](=O)[O-]. The monoisotopic (exact) mass is 266 g/mol. The Morgan fingerprint density at radius 3 is 2.79 bits per heavy atom. The van der Waals surface area contributed by atoms with Crippen molar-refractivity contribution in [2.75, 3.05) is 6.54 Å². The minimum Gasteiger partial charge on any atom is -0.390 e. The molecule has 2 atom stereocenters. The fourth-order valence-corrected chi connectivity index (χ4v) is 1.62. The van der Waals surface area contributed by atoms with Gasteiger partial charge in [0.15, 0.2) is 0 Å². The van der Waals surface area contributed by atoms with Gasteiger partial charge in [-0.15, -0.1) is 0 Å². The summed E-state index contributed by atoms with van der Waals surface area (Å²) >= 11 is 0. The highest BCUT2D eigenvalue weighted by atomic mass is 16.6. The minimum atomic E-state index is -1.26. The van der Waals surface area contributed by atoms with Crippen molar-refractivity contribution in [1.29, 1.82) is 0 Å². The molecule has 8 nitrogen and oxygen atoms in total. The number of hydrogen-bond acceptors (Lipinski definition) is 5. The number of aryl methyl sites for hydroxylation is 1. The molecular formula is C11H14N4O4. The summed E-state index contributed by atoms with van der Waals surface area (Å²) in [6, 6.07) is 4.26. The summed E-state index contributed by atoms with van der Waals surface area (Å²) in [6.45, 7) is 1.63. The molecule has 0 spiro atoms. The highest BCUT2D eigenvalue weighted by molar-refractivity contribution is 5.43. The molecule has 19 heavy (non-hydrogen) atoms. The van der Waals surface area contributed by atoms with E-state index in [0.717, 1.165) is 0 Å². The number of aliphatic hydroxyl groups is 2. The number of benzene rings is 1. The van der Waals surface area contributed by atoms with Crippen molar-refractivity contribution >= 4 is 5.69 Å². The lowest BCUT2D eigenvalue weighted by Gasteiger charge is -2.17. The molecule has 0 saturated heterocycles. The number of azide groups is 1. The third-order valence-electron chi connectivity index (χ3n) is 2.72. The Labute approximate surface area is 109 Å². The molecule has 0 radical (unpaired) electrons. The molecule has 1 aromatic carbocycles. The van der Waals surface area contributed by atoms with Crippen LogP contribution in [0.1, 0.15) is 23.7 Å². The summed E-state index contributed by atoms with van der Waals surface area (Å²) in [5.41, 5.74) is 8.72. The number of nitrogens with zero attached hydrogens (tertiary/aromatic N) is 4. The Hall–Kier alpha value is -2.15. The number of hydrogen-bond donors (Lipinski definition) is 2. The van der Waals surface area contributed by atoms with Gasteiger partial charge in [-0.3, -0.25) is 10.1 Å². The lowest BCUT2D eigenvalue weighted by molar-refractivity contribution is -0.385. The van der Waals surface area contributed by atoms with Gasteiger partial charge in [0, 0.05) is 23.1 Å². The van der Waals surface area contributed by atoms with Gasteiger partial charge in [0.05, 0.1) is 11.0 Å². The number of rotatable bonds is 6. The minimum absolute atomic E-state index is 0.0443. The van der Waals surface area contributed by atoms with E-state index in [4.69, 9.17) is 5.53 Å². The molecule has 0 saturated carbocycles. The fraction of sp³-hybridized carbons (Fsp3) is 0.455. The normalized spacial score (nSPS) is 13.4. The Morgan fingerprint density at radius 2 is 2.21 bits per heavy atom. The van der Waals surface area contributed by atoms with Crippen LogP contribution in [0, 0.1) is 17.0 Å². The molecule has 0 aliphatic carbocycles. The van der Waals surface area contributed by atoms with Crippen LogP contribution in [-0.2, 0) is 0 Å². The van der Waals surface area contributed by atoms with Gasteiger partial charge in [-0.1, -0.05) is 17.2 Å².